The average Bonchev–Trinajstić information content (AvgIpc) is 2.68. The Bertz CT molecular complexity index is 409. The van der Waals surface area contributed by atoms with Gasteiger partial charge in [0.25, 0.3) is 0 Å². The van der Waals surface area contributed by atoms with E-state index in [2.05, 4.69) is 5.32 Å². The minimum absolute atomic E-state index is 0.356. The topological polar surface area (TPSA) is 55.1 Å². The third kappa shape index (κ3) is 4.67. The lowest BCUT2D eigenvalue weighted by molar-refractivity contribution is 0.1000. The van der Waals surface area contributed by atoms with Gasteiger partial charge >= 0.3 is 0 Å². The number of amides is 1. The number of nitrogens with one attached hydrogen (secondary N) is 1. The molecule has 0 atom stereocenters. The molecule has 0 aliphatic heterocycles. The van der Waals surface area contributed by atoms with Crippen LogP contribution >= 0.6 is 0 Å². The Morgan fingerprint density at radius 3 is 2.63 bits per heavy atom. The van der Waals surface area contributed by atoms with Crippen molar-refractivity contribution >= 4 is 5.91 Å². The third-order valence-corrected chi connectivity index (χ3v) is 3.95. The molecule has 0 saturated heterocycles. The maximum absolute atomic E-state index is 11.1. The molecule has 1 aliphatic rings. The van der Waals surface area contributed by atoms with Gasteiger partial charge in [-0.2, -0.15) is 0 Å². The maximum atomic E-state index is 11.1. The molecule has 1 aromatic carbocycles. The summed E-state index contributed by atoms with van der Waals surface area (Å²) in [6.07, 6.45) is 8.27. The smallest absolute Gasteiger partial charge is 0.248 e. The number of carbonyl (C=O) groups excluding carboxylic acids is 1. The van der Waals surface area contributed by atoms with Gasteiger partial charge in [-0.15, -0.1) is 0 Å². The number of primary amides is 1. The highest BCUT2D eigenvalue weighted by Crippen LogP contribution is 2.22. The largest absolute Gasteiger partial charge is 0.366 e. The molecule has 3 nitrogen and oxygen atoms in total. The van der Waals surface area contributed by atoms with Crippen LogP contribution in [0.3, 0.4) is 0 Å². The number of rotatable bonds is 5. The summed E-state index contributed by atoms with van der Waals surface area (Å²) in [5, 5.41) is 3.51. The highest BCUT2D eigenvalue weighted by atomic mass is 16.1. The van der Waals surface area contributed by atoms with E-state index >= 15 is 0 Å². The lowest BCUT2D eigenvalue weighted by Crippen LogP contribution is -2.22. The van der Waals surface area contributed by atoms with Gasteiger partial charge in [0, 0.05) is 12.1 Å². The Morgan fingerprint density at radius 1 is 1.21 bits per heavy atom. The number of benzene rings is 1. The van der Waals surface area contributed by atoms with Crippen LogP contribution in [0.2, 0.25) is 0 Å². The van der Waals surface area contributed by atoms with Gasteiger partial charge in [-0.25, -0.2) is 0 Å². The standard InChI is InChI=1S/C16H24N2O/c17-16(19)15-9-5-8-14(10-15)12-18-11-13-6-3-1-2-4-7-13/h5,8-10,13,18H,1-4,6-7,11-12H2,(H2,17,19). The van der Waals surface area contributed by atoms with Gasteiger partial charge in [0.15, 0.2) is 0 Å². The monoisotopic (exact) mass is 260 g/mol. The molecular weight excluding hydrogens is 236 g/mol. The molecule has 19 heavy (non-hydrogen) atoms. The Balaban J connectivity index is 1.78. The predicted octanol–water partition coefficient (Wildman–Crippen LogP) is 2.85. The van der Waals surface area contributed by atoms with Crippen LogP contribution in [0.4, 0.5) is 0 Å². The molecule has 0 heterocycles. The van der Waals surface area contributed by atoms with E-state index in [0.29, 0.717) is 5.56 Å². The van der Waals surface area contributed by atoms with E-state index in [1.54, 1.807) is 6.07 Å². The Labute approximate surface area is 115 Å². The SMILES string of the molecule is NC(=O)c1cccc(CNCC2CCCCCC2)c1. The molecule has 0 bridgehead atoms. The Morgan fingerprint density at radius 2 is 1.95 bits per heavy atom. The van der Waals surface area contributed by atoms with Crippen molar-refractivity contribution in [2.75, 3.05) is 6.54 Å². The zero-order valence-electron chi connectivity index (χ0n) is 11.5. The number of hydrogen-bond donors (Lipinski definition) is 2. The summed E-state index contributed by atoms with van der Waals surface area (Å²) < 4.78 is 0. The number of hydrogen-bond acceptors (Lipinski definition) is 2. The van der Waals surface area contributed by atoms with Gasteiger partial charge in [0.2, 0.25) is 5.91 Å². The van der Waals surface area contributed by atoms with E-state index in [1.807, 2.05) is 18.2 Å². The van der Waals surface area contributed by atoms with Gasteiger partial charge in [-0.3, -0.25) is 4.79 Å². The molecule has 2 rings (SSSR count). The normalized spacial score (nSPS) is 17.1. The molecular formula is C16H24N2O. The van der Waals surface area contributed by atoms with Crippen molar-refractivity contribution in [3.63, 3.8) is 0 Å². The first-order valence-corrected chi connectivity index (χ1v) is 7.35. The molecule has 1 aromatic rings. The molecule has 0 spiro atoms. The molecule has 104 valence electrons. The van der Waals surface area contributed by atoms with E-state index in [9.17, 15) is 4.79 Å². The summed E-state index contributed by atoms with van der Waals surface area (Å²) in [5.74, 6) is 0.465. The van der Waals surface area contributed by atoms with Gasteiger partial charge in [-0.05, 0) is 43.0 Å². The van der Waals surface area contributed by atoms with Crippen LogP contribution in [0, 0.1) is 5.92 Å². The molecule has 1 amide bonds. The highest BCUT2D eigenvalue weighted by Gasteiger charge is 2.11. The summed E-state index contributed by atoms with van der Waals surface area (Å²) in [6.45, 7) is 1.90. The fraction of sp³-hybridized carbons (Fsp3) is 0.562. The zero-order valence-corrected chi connectivity index (χ0v) is 11.5. The summed E-state index contributed by atoms with van der Waals surface area (Å²) in [6, 6.07) is 7.56. The molecule has 0 radical (unpaired) electrons. The first-order chi connectivity index (χ1) is 9.25. The molecule has 3 N–H and O–H groups in total. The second kappa shape index (κ2) is 7.29. The maximum Gasteiger partial charge on any atom is 0.248 e. The Kier molecular flexibility index (Phi) is 5.40. The second-order valence-electron chi connectivity index (χ2n) is 5.55. The van der Waals surface area contributed by atoms with E-state index < -0.39 is 0 Å². The number of carbonyl (C=O) groups is 1. The first kappa shape index (κ1) is 14.1. The van der Waals surface area contributed by atoms with Crippen molar-refractivity contribution in [2.24, 2.45) is 11.7 Å². The van der Waals surface area contributed by atoms with Crippen LogP contribution < -0.4 is 11.1 Å². The lowest BCUT2D eigenvalue weighted by Gasteiger charge is -2.15. The molecule has 0 aromatic heterocycles. The minimum Gasteiger partial charge on any atom is -0.366 e. The van der Waals surface area contributed by atoms with E-state index in [1.165, 1.54) is 38.5 Å². The number of nitrogens with two attached hydrogens (primary N) is 1. The van der Waals surface area contributed by atoms with Gasteiger partial charge in [0.05, 0.1) is 0 Å². The highest BCUT2D eigenvalue weighted by molar-refractivity contribution is 5.92. The lowest BCUT2D eigenvalue weighted by atomic mass is 10.0. The van der Waals surface area contributed by atoms with Crippen LogP contribution in [-0.4, -0.2) is 12.5 Å². The average molecular weight is 260 g/mol. The van der Waals surface area contributed by atoms with Crippen molar-refractivity contribution in [1.82, 2.24) is 5.32 Å². The Hall–Kier alpha value is -1.35. The van der Waals surface area contributed by atoms with Crippen molar-refractivity contribution in [2.45, 2.75) is 45.1 Å². The summed E-state index contributed by atoms with van der Waals surface area (Å²) in [4.78, 5) is 11.1. The molecule has 3 heteroatoms. The van der Waals surface area contributed by atoms with Crippen LogP contribution in [0.15, 0.2) is 24.3 Å². The van der Waals surface area contributed by atoms with Crippen LogP contribution in [-0.2, 0) is 6.54 Å². The van der Waals surface area contributed by atoms with Gasteiger partial charge < -0.3 is 11.1 Å². The third-order valence-electron chi connectivity index (χ3n) is 3.95. The van der Waals surface area contributed by atoms with Crippen molar-refractivity contribution in [3.05, 3.63) is 35.4 Å². The molecule has 1 saturated carbocycles. The predicted molar refractivity (Wildman–Crippen MR) is 77.9 cm³/mol. The molecule has 1 aliphatic carbocycles. The van der Waals surface area contributed by atoms with Crippen molar-refractivity contribution < 1.29 is 4.79 Å². The van der Waals surface area contributed by atoms with Crippen molar-refractivity contribution in [1.29, 1.82) is 0 Å². The van der Waals surface area contributed by atoms with Crippen LogP contribution in [0.5, 0.6) is 0 Å². The molecule has 1 fully saturated rings. The minimum atomic E-state index is -0.356. The summed E-state index contributed by atoms with van der Waals surface area (Å²) in [5.41, 5.74) is 7.01. The van der Waals surface area contributed by atoms with E-state index in [-0.39, 0.29) is 5.91 Å². The van der Waals surface area contributed by atoms with Crippen molar-refractivity contribution in [3.8, 4) is 0 Å². The molecule has 0 unspecified atom stereocenters. The van der Waals surface area contributed by atoms with E-state index in [4.69, 9.17) is 5.73 Å². The van der Waals surface area contributed by atoms with E-state index in [0.717, 1.165) is 24.6 Å². The van der Waals surface area contributed by atoms with Crippen LogP contribution in [0.25, 0.3) is 0 Å². The second-order valence-corrected chi connectivity index (χ2v) is 5.55. The summed E-state index contributed by atoms with van der Waals surface area (Å²) >= 11 is 0. The summed E-state index contributed by atoms with van der Waals surface area (Å²) in [7, 11) is 0. The fourth-order valence-electron chi connectivity index (χ4n) is 2.82. The van der Waals surface area contributed by atoms with Crippen LogP contribution in [0.1, 0.15) is 54.4 Å². The quantitative estimate of drug-likeness (QED) is 0.800. The van der Waals surface area contributed by atoms with Gasteiger partial charge in [0.1, 0.15) is 0 Å². The van der Waals surface area contributed by atoms with Gasteiger partial charge in [-0.1, -0.05) is 37.8 Å². The first-order valence-electron chi connectivity index (χ1n) is 7.35. The zero-order chi connectivity index (χ0) is 13.5. The fourth-order valence-corrected chi connectivity index (χ4v) is 2.82.